The third kappa shape index (κ3) is 4.44. The van der Waals surface area contributed by atoms with Crippen LogP contribution in [-0.4, -0.2) is 24.0 Å². The summed E-state index contributed by atoms with van der Waals surface area (Å²) in [5.74, 6) is 1.00. The van der Waals surface area contributed by atoms with E-state index in [0.29, 0.717) is 0 Å². The highest BCUT2D eigenvalue weighted by Gasteiger charge is 2.12. The van der Waals surface area contributed by atoms with Crippen LogP contribution in [0.2, 0.25) is 0 Å². The number of nitrogens with zero attached hydrogens (tertiary/aromatic N) is 1. The van der Waals surface area contributed by atoms with E-state index in [1.54, 1.807) is 6.26 Å². The Kier molecular flexibility index (Phi) is 3.72. The molecule has 0 aliphatic carbocycles. The van der Waals surface area contributed by atoms with E-state index >= 15 is 0 Å². The third-order valence-electron chi connectivity index (χ3n) is 2.14. The Labute approximate surface area is 85.9 Å². The van der Waals surface area contributed by atoms with E-state index in [1.165, 1.54) is 0 Å². The van der Waals surface area contributed by atoms with Gasteiger partial charge in [0, 0.05) is 12.1 Å². The van der Waals surface area contributed by atoms with Gasteiger partial charge in [0.25, 0.3) is 0 Å². The van der Waals surface area contributed by atoms with Crippen LogP contribution in [-0.2, 0) is 6.54 Å². The molecule has 0 radical (unpaired) electrons. The molecule has 0 amide bonds. The first-order valence-electron chi connectivity index (χ1n) is 4.97. The zero-order valence-corrected chi connectivity index (χ0v) is 9.29. The third-order valence-corrected chi connectivity index (χ3v) is 2.14. The molecule has 1 heterocycles. The van der Waals surface area contributed by atoms with Crippen LogP contribution in [0.1, 0.15) is 26.0 Å². The first-order chi connectivity index (χ1) is 6.47. The minimum atomic E-state index is -0.0859. The average Bonchev–Trinajstić information content (AvgIpc) is 2.52. The molecule has 1 aromatic rings. The van der Waals surface area contributed by atoms with Gasteiger partial charge in [-0.3, -0.25) is 4.90 Å². The van der Waals surface area contributed by atoms with Crippen molar-refractivity contribution in [3.8, 4) is 0 Å². The van der Waals surface area contributed by atoms with Gasteiger partial charge in [-0.25, -0.2) is 0 Å². The topological polar surface area (TPSA) is 42.4 Å². The van der Waals surface area contributed by atoms with Crippen LogP contribution in [0, 0.1) is 0 Å². The largest absolute Gasteiger partial charge is 0.468 e. The van der Waals surface area contributed by atoms with Crippen LogP contribution in [0.3, 0.4) is 0 Å². The molecule has 0 spiro atoms. The van der Waals surface area contributed by atoms with Crippen LogP contribution < -0.4 is 5.73 Å². The molecule has 2 N–H and O–H groups in total. The van der Waals surface area contributed by atoms with Crippen molar-refractivity contribution < 1.29 is 4.42 Å². The molecular weight excluding hydrogens is 176 g/mol. The first kappa shape index (κ1) is 11.3. The van der Waals surface area contributed by atoms with E-state index in [-0.39, 0.29) is 5.54 Å². The molecule has 0 aliphatic rings. The van der Waals surface area contributed by atoms with Crippen molar-refractivity contribution in [1.29, 1.82) is 0 Å². The molecule has 0 aliphatic heterocycles. The zero-order valence-electron chi connectivity index (χ0n) is 9.29. The number of nitrogens with two attached hydrogens (primary N) is 1. The normalized spacial score (nSPS) is 12.4. The highest BCUT2D eigenvalue weighted by molar-refractivity contribution is 4.97. The zero-order chi connectivity index (χ0) is 10.6. The summed E-state index contributed by atoms with van der Waals surface area (Å²) in [6.45, 7) is 5.94. The molecule has 1 aromatic heterocycles. The number of hydrogen-bond donors (Lipinski definition) is 1. The molecule has 1 rings (SSSR count). The molecule has 0 aromatic carbocycles. The Morgan fingerprint density at radius 2 is 2.21 bits per heavy atom. The van der Waals surface area contributed by atoms with Gasteiger partial charge in [-0.2, -0.15) is 0 Å². The van der Waals surface area contributed by atoms with E-state index in [9.17, 15) is 0 Å². The minimum Gasteiger partial charge on any atom is -0.468 e. The van der Waals surface area contributed by atoms with Crippen molar-refractivity contribution in [2.24, 2.45) is 5.73 Å². The Morgan fingerprint density at radius 1 is 1.50 bits per heavy atom. The van der Waals surface area contributed by atoms with Crippen LogP contribution >= 0.6 is 0 Å². The average molecular weight is 196 g/mol. The summed E-state index contributed by atoms with van der Waals surface area (Å²) in [5, 5.41) is 0. The lowest BCUT2D eigenvalue weighted by molar-refractivity contribution is 0.267. The predicted molar refractivity (Wildman–Crippen MR) is 57.9 cm³/mol. The predicted octanol–water partition coefficient (Wildman–Crippen LogP) is 1.84. The van der Waals surface area contributed by atoms with E-state index in [1.807, 2.05) is 26.0 Å². The Balaban J connectivity index is 2.26. The fraction of sp³-hybridized carbons (Fsp3) is 0.636. The van der Waals surface area contributed by atoms with Gasteiger partial charge in [-0.05, 0) is 39.4 Å². The minimum absolute atomic E-state index is 0.0859. The lowest BCUT2D eigenvalue weighted by atomic mass is 10.0. The second kappa shape index (κ2) is 4.62. The number of furan rings is 1. The maximum absolute atomic E-state index is 5.91. The van der Waals surface area contributed by atoms with E-state index in [0.717, 1.165) is 25.3 Å². The van der Waals surface area contributed by atoms with Crippen LogP contribution in [0.25, 0.3) is 0 Å². The summed E-state index contributed by atoms with van der Waals surface area (Å²) in [5.41, 5.74) is 5.82. The highest BCUT2D eigenvalue weighted by Crippen LogP contribution is 2.08. The van der Waals surface area contributed by atoms with Gasteiger partial charge in [0.2, 0.25) is 0 Å². The fourth-order valence-corrected chi connectivity index (χ4v) is 1.23. The van der Waals surface area contributed by atoms with Gasteiger partial charge in [-0.1, -0.05) is 0 Å². The van der Waals surface area contributed by atoms with Crippen molar-refractivity contribution in [2.75, 3.05) is 13.6 Å². The van der Waals surface area contributed by atoms with Gasteiger partial charge in [0.1, 0.15) is 5.76 Å². The standard InChI is InChI=1S/C11H20N2O/c1-11(2,12)6-7-13(3)9-10-5-4-8-14-10/h4-5,8H,6-7,9,12H2,1-3H3. The van der Waals surface area contributed by atoms with Gasteiger partial charge >= 0.3 is 0 Å². The Hall–Kier alpha value is -0.800. The smallest absolute Gasteiger partial charge is 0.117 e. The summed E-state index contributed by atoms with van der Waals surface area (Å²) in [6.07, 6.45) is 2.69. The second-order valence-electron chi connectivity index (χ2n) is 4.56. The summed E-state index contributed by atoms with van der Waals surface area (Å²) >= 11 is 0. The quantitative estimate of drug-likeness (QED) is 0.781. The van der Waals surface area contributed by atoms with Gasteiger partial charge < -0.3 is 10.2 Å². The Bertz CT molecular complexity index is 249. The van der Waals surface area contributed by atoms with Crippen LogP contribution in [0.4, 0.5) is 0 Å². The second-order valence-corrected chi connectivity index (χ2v) is 4.56. The maximum atomic E-state index is 5.91. The summed E-state index contributed by atoms with van der Waals surface area (Å²) in [4.78, 5) is 2.22. The summed E-state index contributed by atoms with van der Waals surface area (Å²) in [6, 6.07) is 3.90. The van der Waals surface area contributed by atoms with Gasteiger partial charge in [-0.15, -0.1) is 0 Å². The fourth-order valence-electron chi connectivity index (χ4n) is 1.23. The molecule has 14 heavy (non-hydrogen) atoms. The molecule has 0 bridgehead atoms. The number of hydrogen-bond acceptors (Lipinski definition) is 3. The van der Waals surface area contributed by atoms with E-state index < -0.39 is 0 Å². The maximum Gasteiger partial charge on any atom is 0.117 e. The van der Waals surface area contributed by atoms with Crippen LogP contribution in [0.15, 0.2) is 22.8 Å². The van der Waals surface area contributed by atoms with E-state index in [2.05, 4.69) is 11.9 Å². The molecule has 3 nitrogen and oxygen atoms in total. The molecule has 0 unspecified atom stereocenters. The molecular formula is C11H20N2O. The summed E-state index contributed by atoms with van der Waals surface area (Å²) in [7, 11) is 2.08. The van der Waals surface area contributed by atoms with Crippen molar-refractivity contribution in [1.82, 2.24) is 4.90 Å². The lowest BCUT2D eigenvalue weighted by Gasteiger charge is -2.22. The highest BCUT2D eigenvalue weighted by atomic mass is 16.3. The molecule has 0 saturated heterocycles. The van der Waals surface area contributed by atoms with Crippen molar-refractivity contribution in [3.05, 3.63) is 24.2 Å². The van der Waals surface area contributed by atoms with Crippen molar-refractivity contribution in [2.45, 2.75) is 32.4 Å². The van der Waals surface area contributed by atoms with Crippen LogP contribution in [0.5, 0.6) is 0 Å². The molecule has 80 valence electrons. The Morgan fingerprint density at radius 3 is 2.71 bits per heavy atom. The van der Waals surface area contributed by atoms with Crippen molar-refractivity contribution in [3.63, 3.8) is 0 Å². The first-order valence-corrected chi connectivity index (χ1v) is 4.97. The van der Waals surface area contributed by atoms with Gasteiger partial charge in [0.05, 0.1) is 12.8 Å². The SMILES string of the molecule is CN(CCC(C)(C)N)Cc1ccco1. The molecule has 0 fully saturated rings. The van der Waals surface area contributed by atoms with Gasteiger partial charge in [0.15, 0.2) is 0 Å². The summed E-state index contributed by atoms with van der Waals surface area (Å²) < 4.78 is 5.26. The van der Waals surface area contributed by atoms with E-state index in [4.69, 9.17) is 10.2 Å². The monoisotopic (exact) mass is 196 g/mol. The molecule has 0 atom stereocenters. The molecule has 0 saturated carbocycles. The van der Waals surface area contributed by atoms with Crippen molar-refractivity contribution >= 4 is 0 Å². The lowest BCUT2D eigenvalue weighted by Crippen LogP contribution is -2.36. The molecule has 3 heteroatoms. The number of rotatable bonds is 5.